The normalized spacial score (nSPS) is 12.1. The number of benzene rings is 1. The Morgan fingerprint density at radius 1 is 1.43 bits per heavy atom. The van der Waals surface area contributed by atoms with Gasteiger partial charge in [-0.1, -0.05) is 41.9 Å². The number of H-pyrrole nitrogens is 1. The Morgan fingerprint density at radius 2 is 2.19 bits per heavy atom. The number of amides is 1. The van der Waals surface area contributed by atoms with E-state index >= 15 is 0 Å². The van der Waals surface area contributed by atoms with E-state index in [-0.39, 0.29) is 11.8 Å². The van der Waals surface area contributed by atoms with Crippen LogP contribution in [-0.2, 0) is 11.2 Å². The molecule has 0 bridgehead atoms. The quantitative estimate of drug-likeness (QED) is 0.886. The van der Waals surface area contributed by atoms with Gasteiger partial charge in [-0.25, -0.2) is 0 Å². The Labute approximate surface area is 128 Å². The van der Waals surface area contributed by atoms with Crippen molar-refractivity contribution >= 4 is 17.5 Å². The van der Waals surface area contributed by atoms with E-state index in [1.165, 1.54) is 0 Å². The van der Waals surface area contributed by atoms with E-state index in [2.05, 4.69) is 20.6 Å². The molecule has 0 fully saturated rings. The van der Waals surface area contributed by atoms with Gasteiger partial charge in [0.25, 0.3) is 0 Å². The first-order valence-corrected chi connectivity index (χ1v) is 7.16. The highest BCUT2D eigenvalue weighted by Crippen LogP contribution is 2.17. The number of likely N-dealkylation sites (N-methyl/N-ethyl adjacent to an activating group) is 1. The summed E-state index contributed by atoms with van der Waals surface area (Å²) in [5.74, 6) is 0.726. The predicted octanol–water partition coefficient (Wildman–Crippen LogP) is 2.05. The van der Waals surface area contributed by atoms with Crippen molar-refractivity contribution in [1.29, 1.82) is 0 Å². The van der Waals surface area contributed by atoms with Crippen LogP contribution in [0.2, 0.25) is 5.02 Å². The lowest BCUT2D eigenvalue weighted by Crippen LogP contribution is -2.30. The maximum absolute atomic E-state index is 12.2. The van der Waals surface area contributed by atoms with Crippen molar-refractivity contribution in [3.8, 4) is 0 Å². The second-order valence-electron chi connectivity index (χ2n) is 5.04. The molecule has 2 aromatic rings. The monoisotopic (exact) mass is 307 g/mol. The third-order valence-electron chi connectivity index (χ3n) is 3.34. The van der Waals surface area contributed by atoms with Gasteiger partial charge >= 0.3 is 0 Å². The highest BCUT2D eigenvalue weighted by Gasteiger charge is 2.16. The molecule has 0 aliphatic rings. The first kappa shape index (κ1) is 15.4. The zero-order valence-electron chi connectivity index (χ0n) is 12.1. The molecule has 1 amide bonds. The number of aromatic amines is 1. The molecule has 0 aliphatic heterocycles. The van der Waals surface area contributed by atoms with Crippen LogP contribution in [0.3, 0.4) is 0 Å². The van der Waals surface area contributed by atoms with Gasteiger partial charge in [0.2, 0.25) is 5.91 Å². The zero-order valence-corrected chi connectivity index (χ0v) is 12.8. The molecule has 0 radical (unpaired) electrons. The highest BCUT2D eigenvalue weighted by atomic mass is 35.5. The molecule has 0 saturated carbocycles. The SMILES string of the molecule is C[C@H](CN(C)C(=O)CCc1ccccc1Cl)c1nn[nH]n1. The van der Waals surface area contributed by atoms with Gasteiger partial charge in [-0.3, -0.25) is 4.79 Å². The molecule has 1 atom stereocenters. The fraction of sp³-hybridized carbons (Fsp3) is 0.429. The van der Waals surface area contributed by atoms with Crippen LogP contribution in [0.15, 0.2) is 24.3 Å². The lowest BCUT2D eigenvalue weighted by Gasteiger charge is -2.20. The number of carbonyl (C=O) groups is 1. The Hall–Kier alpha value is -1.95. The zero-order chi connectivity index (χ0) is 15.2. The second kappa shape index (κ2) is 7.17. The molecule has 21 heavy (non-hydrogen) atoms. The van der Waals surface area contributed by atoms with Crippen molar-refractivity contribution in [2.24, 2.45) is 0 Å². The fourth-order valence-electron chi connectivity index (χ4n) is 2.11. The summed E-state index contributed by atoms with van der Waals surface area (Å²) < 4.78 is 0. The molecule has 0 spiro atoms. The van der Waals surface area contributed by atoms with Crippen molar-refractivity contribution in [3.05, 3.63) is 40.7 Å². The van der Waals surface area contributed by atoms with Crippen LogP contribution in [0.5, 0.6) is 0 Å². The third kappa shape index (κ3) is 4.26. The number of hydrogen-bond donors (Lipinski definition) is 1. The summed E-state index contributed by atoms with van der Waals surface area (Å²) in [6.45, 7) is 2.52. The summed E-state index contributed by atoms with van der Waals surface area (Å²) in [5.41, 5.74) is 0.993. The van der Waals surface area contributed by atoms with Crippen LogP contribution in [0.4, 0.5) is 0 Å². The lowest BCUT2D eigenvalue weighted by atomic mass is 10.1. The molecule has 0 saturated heterocycles. The average Bonchev–Trinajstić information content (AvgIpc) is 3.00. The first-order valence-electron chi connectivity index (χ1n) is 6.78. The number of tetrazole rings is 1. The molecule has 0 aliphatic carbocycles. The Morgan fingerprint density at radius 3 is 2.86 bits per heavy atom. The van der Waals surface area contributed by atoms with Crippen molar-refractivity contribution in [1.82, 2.24) is 25.5 Å². The molecule has 1 aromatic heterocycles. The smallest absolute Gasteiger partial charge is 0.222 e. The second-order valence-corrected chi connectivity index (χ2v) is 5.44. The number of rotatable bonds is 6. The van der Waals surface area contributed by atoms with Gasteiger partial charge in [0, 0.05) is 31.0 Å². The first-order chi connectivity index (χ1) is 10.1. The summed E-state index contributed by atoms with van der Waals surface area (Å²) in [5, 5.41) is 14.5. The molecule has 7 heteroatoms. The summed E-state index contributed by atoms with van der Waals surface area (Å²) >= 11 is 6.09. The molecule has 0 unspecified atom stereocenters. The van der Waals surface area contributed by atoms with E-state index in [0.29, 0.717) is 30.2 Å². The molecule has 112 valence electrons. The van der Waals surface area contributed by atoms with Gasteiger partial charge in [0.1, 0.15) is 0 Å². The number of hydrogen-bond acceptors (Lipinski definition) is 4. The summed E-state index contributed by atoms with van der Waals surface area (Å²) in [7, 11) is 1.78. The number of nitrogens with zero attached hydrogens (tertiary/aromatic N) is 4. The largest absolute Gasteiger partial charge is 0.345 e. The maximum atomic E-state index is 12.2. The minimum absolute atomic E-state index is 0.0398. The molecule has 2 rings (SSSR count). The van der Waals surface area contributed by atoms with E-state index in [0.717, 1.165) is 5.56 Å². The van der Waals surface area contributed by atoms with Gasteiger partial charge in [0.15, 0.2) is 5.82 Å². The maximum Gasteiger partial charge on any atom is 0.222 e. The molecule has 1 heterocycles. The molecular formula is C14H18ClN5O. The standard InChI is InChI=1S/C14H18ClN5O/c1-10(14-16-18-19-17-14)9-20(2)13(21)8-7-11-5-3-4-6-12(11)15/h3-6,10H,7-9H2,1-2H3,(H,16,17,18,19)/t10-/m1/s1. The Balaban J connectivity index is 1.84. The Bertz CT molecular complexity index is 587. The van der Waals surface area contributed by atoms with Crippen LogP contribution in [-0.4, -0.2) is 45.0 Å². The molecule has 6 nitrogen and oxygen atoms in total. The summed E-state index contributed by atoms with van der Waals surface area (Å²) in [6.07, 6.45) is 1.07. The summed E-state index contributed by atoms with van der Waals surface area (Å²) in [6, 6.07) is 7.58. The lowest BCUT2D eigenvalue weighted by molar-refractivity contribution is -0.130. The Kier molecular flexibility index (Phi) is 5.27. The topological polar surface area (TPSA) is 74.8 Å². The minimum Gasteiger partial charge on any atom is -0.345 e. The van der Waals surface area contributed by atoms with Gasteiger partial charge in [-0.05, 0) is 18.1 Å². The van der Waals surface area contributed by atoms with Crippen molar-refractivity contribution in [2.45, 2.75) is 25.7 Å². The van der Waals surface area contributed by atoms with E-state index < -0.39 is 0 Å². The van der Waals surface area contributed by atoms with Crippen LogP contribution >= 0.6 is 11.6 Å². The predicted molar refractivity (Wildman–Crippen MR) is 80.0 cm³/mol. The average molecular weight is 308 g/mol. The van der Waals surface area contributed by atoms with Crippen molar-refractivity contribution < 1.29 is 4.79 Å². The molecular weight excluding hydrogens is 290 g/mol. The van der Waals surface area contributed by atoms with Gasteiger partial charge in [-0.2, -0.15) is 5.21 Å². The molecule has 1 N–H and O–H groups in total. The molecule has 1 aromatic carbocycles. The number of halogens is 1. The highest BCUT2D eigenvalue weighted by molar-refractivity contribution is 6.31. The van der Waals surface area contributed by atoms with Crippen LogP contribution in [0, 0.1) is 0 Å². The number of carbonyl (C=O) groups excluding carboxylic acids is 1. The van der Waals surface area contributed by atoms with E-state index in [4.69, 9.17) is 11.6 Å². The van der Waals surface area contributed by atoms with Gasteiger partial charge in [0.05, 0.1) is 0 Å². The van der Waals surface area contributed by atoms with E-state index in [1.54, 1.807) is 11.9 Å². The van der Waals surface area contributed by atoms with Crippen LogP contribution < -0.4 is 0 Å². The summed E-state index contributed by atoms with van der Waals surface area (Å²) in [4.78, 5) is 13.8. The van der Waals surface area contributed by atoms with Crippen LogP contribution in [0.1, 0.15) is 30.7 Å². The third-order valence-corrected chi connectivity index (χ3v) is 3.71. The number of aryl methyl sites for hydroxylation is 1. The van der Waals surface area contributed by atoms with E-state index in [1.807, 2.05) is 31.2 Å². The minimum atomic E-state index is 0.0398. The number of aromatic nitrogens is 4. The van der Waals surface area contributed by atoms with Gasteiger partial charge < -0.3 is 4.90 Å². The van der Waals surface area contributed by atoms with Crippen molar-refractivity contribution in [3.63, 3.8) is 0 Å². The fourth-order valence-corrected chi connectivity index (χ4v) is 2.34. The number of nitrogens with one attached hydrogen (secondary N) is 1. The van der Waals surface area contributed by atoms with Crippen molar-refractivity contribution in [2.75, 3.05) is 13.6 Å². The van der Waals surface area contributed by atoms with E-state index in [9.17, 15) is 4.79 Å². The van der Waals surface area contributed by atoms with Crippen LogP contribution in [0.25, 0.3) is 0 Å². The van der Waals surface area contributed by atoms with Gasteiger partial charge in [-0.15, -0.1) is 10.2 Å².